The number of esters is 1. The summed E-state index contributed by atoms with van der Waals surface area (Å²) in [7, 11) is 0. The van der Waals surface area contributed by atoms with E-state index < -0.39 is 5.97 Å². The summed E-state index contributed by atoms with van der Waals surface area (Å²) in [5.41, 5.74) is 3.22. The first kappa shape index (κ1) is 22.6. The van der Waals surface area contributed by atoms with Crippen LogP contribution in [0.15, 0.2) is 24.3 Å². The Balaban J connectivity index is 2.10. The van der Waals surface area contributed by atoms with Crippen LogP contribution in [0.2, 0.25) is 0 Å². The third-order valence-electron chi connectivity index (χ3n) is 3.36. The maximum Gasteiger partial charge on any atom is 0.333 e. The van der Waals surface area contributed by atoms with Crippen molar-refractivity contribution in [2.24, 2.45) is 0 Å². The molecule has 26 heavy (non-hydrogen) atoms. The minimum absolute atomic E-state index is 0.0969. The summed E-state index contributed by atoms with van der Waals surface area (Å²) in [6.07, 6.45) is 0. The number of aryl methyl sites for hydroxylation is 2. The summed E-state index contributed by atoms with van der Waals surface area (Å²) in [4.78, 5) is 23.4. The number of benzene rings is 1. The Morgan fingerprint density at radius 1 is 1.08 bits per heavy atom. The van der Waals surface area contributed by atoms with Gasteiger partial charge in [-0.05, 0) is 55.0 Å². The first-order valence-corrected chi connectivity index (χ1v) is 9.44. The monoisotopic (exact) mass is 475 g/mol. The van der Waals surface area contributed by atoms with Crippen molar-refractivity contribution in [1.82, 2.24) is 5.32 Å². The number of amides is 1. The molecule has 0 saturated heterocycles. The highest BCUT2D eigenvalue weighted by atomic mass is 127. The van der Waals surface area contributed by atoms with Crippen molar-refractivity contribution in [3.8, 4) is 0 Å². The van der Waals surface area contributed by atoms with Crippen LogP contribution in [0.3, 0.4) is 0 Å². The van der Waals surface area contributed by atoms with E-state index in [-0.39, 0.29) is 12.5 Å². The van der Waals surface area contributed by atoms with Crippen molar-refractivity contribution in [1.29, 1.82) is 0 Å². The smallest absolute Gasteiger partial charge is 0.333 e. The van der Waals surface area contributed by atoms with Gasteiger partial charge >= 0.3 is 5.97 Å². The van der Waals surface area contributed by atoms with Crippen LogP contribution in [0.1, 0.15) is 28.4 Å². The van der Waals surface area contributed by atoms with Crippen LogP contribution in [0.5, 0.6) is 0 Å². The molecular formula is C19H26INO5. The van der Waals surface area contributed by atoms with Crippen LogP contribution in [0.25, 0.3) is 0 Å². The van der Waals surface area contributed by atoms with Gasteiger partial charge in [0.2, 0.25) is 0 Å². The van der Waals surface area contributed by atoms with E-state index in [1.54, 1.807) is 6.92 Å². The molecule has 0 aliphatic carbocycles. The van der Waals surface area contributed by atoms with E-state index in [0.29, 0.717) is 44.1 Å². The van der Waals surface area contributed by atoms with E-state index >= 15 is 0 Å². The molecule has 1 N–H and O–H groups in total. The maximum absolute atomic E-state index is 12.2. The zero-order valence-electron chi connectivity index (χ0n) is 15.5. The van der Waals surface area contributed by atoms with Gasteiger partial charge in [-0.25, -0.2) is 4.79 Å². The fraction of sp³-hybridized carbons (Fsp3) is 0.474. The molecule has 1 amide bonds. The lowest BCUT2D eigenvalue weighted by atomic mass is 10.1. The molecule has 0 aliphatic rings. The number of ether oxygens (including phenoxy) is 3. The Morgan fingerprint density at radius 3 is 2.35 bits per heavy atom. The van der Waals surface area contributed by atoms with Crippen LogP contribution in [0.4, 0.5) is 0 Å². The number of rotatable bonds is 11. The Bertz CT molecular complexity index is 645. The van der Waals surface area contributed by atoms with E-state index in [4.69, 9.17) is 14.2 Å². The Labute approximate surface area is 168 Å². The third-order valence-corrected chi connectivity index (χ3v) is 4.79. The minimum Gasteiger partial charge on any atom is -0.460 e. The molecule has 1 rings (SSSR count). The normalized spacial score (nSPS) is 10.5. The highest BCUT2D eigenvalue weighted by molar-refractivity contribution is 14.1. The number of carbonyl (C=O) groups excluding carboxylic acids is 2. The molecule has 0 radical (unpaired) electrons. The van der Waals surface area contributed by atoms with Gasteiger partial charge in [0.15, 0.2) is 0 Å². The molecule has 1 aromatic carbocycles. The van der Waals surface area contributed by atoms with Gasteiger partial charge in [0, 0.05) is 15.7 Å². The number of hydrogen-bond donors (Lipinski definition) is 1. The van der Waals surface area contributed by atoms with Crippen molar-refractivity contribution in [3.05, 3.63) is 44.5 Å². The highest BCUT2D eigenvalue weighted by Crippen LogP contribution is 2.19. The van der Waals surface area contributed by atoms with Crippen LogP contribution in [0, 0.1) is 17.4 Å². The molecule has 0 bridgehead atoms. The Kier molecular flexibility index (Phi) is 10.5. The molecule has 0 aromatic heterocycles. The van der Waals surface area contributed by atoms with Gasteiger partial charge in [-0.3, -0.25) is 4.79 Å². The summed E-state index contributed by atoms with van der Waals surface area (Å²) in [6, 6.07) is 3.95. The van der Waals surface area contributed by atoms with Crippen molar-refractivity contribution >= 4 is 34.5 Å². The van der Waals surface area contributed by atoms with Gasteiger partial charge in [-0.15, -0.1) is 0 Å². The summed E-state index contributed by atoms with van der Waals surface area (Å²) < 4.78 is 16.5. The number of halogens is 1. The second kappa shape index (κ2) is 12.0. The largest absolute Gasteiger partial charge is 0.460 e. The average Bonchev–Trinajstić information content (AvgIpc) is 2.59. The topological polar surface area (TPSA) is 73.9 Å². The lowest BCUT2D eigenvalue weighted by molar-refractivity contribution is -0.140. The van der Waals surface area contributed by atoms with Crippen molar-refractivity contribution in [3.63, 3.8) is 0 Å². The molecule has 0 heterocycles. The number of nitrogens with one attached hydrogen (secondary N) is 1. The van der Waals surface area contributed by atoms with E-state index in [1.807, 2.05) is 19.9 Å². The molecule has 6 nitrogen and oxygen atoms in total. The van der Waals surface area contributed by atoms with E-state index in [2.05, 4.69) is 40.6 Å². The van der Waals surface area contributed by atoms with Crippen LogP contribution in [-0.2, 0) is 19.0 Å². The molecule has 1 aromatic rings. The molecule has 0 atom stereocenters. The number of hydrogen-bond acceptors (Lipinski definition) is 5. The van der Waals surface area contributed by atoms with Gasteiger partial charge in [0.05, 0.1) is 32.0 Å². The van der Waals surface area contributed by atoms with Crippen LogP contribution >= 0.6 is 22.6 Å². The number of carbonyl (C=O) groups is 2. The average molecular weight is 475 g/mol. The third kappa shape index (κ3) is 8.29. The predicted molar refractivity (Wildman–Crippen MR) is 108 cm³/mol. The SMILES string of the molecule is C=C(C)C(=O)OCCOCCOCCNC(=O)c1cc(C)cc(C)c1I. The maximum atomic E-state index is 12.2. The quantitative estimate of drug-likeness (QED) is 0.231. The lowest BCUT2D eigenvalue weighted by Gasteiger charge is -2.10. The standard InChI is InChI=1S/C19H26INO5/c1-13(2)19(23)26-10-9-25-8-7-24-6-5-21-18(22)16-12-14(3)11-15(4)17(16)20/h11-12H,1,5-10H2,2-4H3,(H,21,22). The van der Waals surface area contributed by atoms with Gasteiger partial charge in [-0.2, -0.15) is 0 Å². The van der Waals surface area contributed by atoms with Crippen molar-refractivity contribution < 1.29 is 23.8 Å². The zero-order chi connectivity index (χ0) is 19.5. The summed E-state index contributed by atoms with van der Waals surface area (Å²) in [5, 5.41) is 2.85. The fourth-order valence-electron chi connectivity index (χ4n) is 2.09. The fourth-order valence-corrected chi connectivity index (χ4v) is 2.64. The first-order valence-electron chi connectivity index (χ1n) is 8.36. The summed E-state index contributed by atoms with van der Waals surface area (Å²) in [5.74, 6) is -0.514. The van der Waals surface area contributed by atoms with Gasteiger partial charge < -0.3 is 19.5 Å². The van der Waals surface area contributed by atoms with Gasteiger partial charge in [-0.1, -0.05) is 18.2 Å². The molecule has 0 unspecified atom stereocenters. The van der Waals surface area contributed by atoms with Crippen molar-refractivity contribution in [2.45, 2.75) is 20.8 Å². The summed E-state index contributed by atoms with van der Waals surface area (Å²) >= 11 is 2.19. The molecule has 0 fully saturated rings. The second-order valence-electron chi connectivity index (χ2n) is 5.84. The van der Waals surface area contributed by atoms with Crippen LogP contribution in [-0.4, -0.2) is 51.5 Å². The minimum atomic E-state index is -0.418. The first-order chi connectivity index (χ1) is 12.3. The highest BCUT2D eigenvalue weighted by Gasteiger charge is 2.11. The Morgan fingerprint density at radius 2 is 1.69 bits per heavy atom. The van der Waals surface area contributed by atoms with E-state index in [0.717, 1.165) is 14.7 Å². The molecule has 0 saturated carbocycles. The molecule has 0 spiro atoms. The lowest BCUT2D eigenvalue weighted by Crippen LogP contribution is -2.28. The Hall–Kier alpha value is -1.45. The van der Waals surface area contributed by atoms with Crippen LogP contribution < -0.4 is 5.32 Å². The van der Waals surface area contributed by atoms with Crippen molar-refractivity contribution in [2.75, 3.05) is 39.6 Å². The van der Waals surface area contributed by atoms with Gasteiger partial charge in [0.1, 0.15) is 6.61 Å². The molecule has 7 heteroatoms. The molecule has 144 valence electrons. The van der Waals surface area contributed by atoms with Gasteiger partial charge in [0.25, 0.3) is 5.91 Å². The molecule has 0 aliphatic heterocycles. The van der Waals surface area contributed by atoms with E-state index in [1.165, 1.54) is 0 Å². The van der Waals surface area contributed by atoms with E-state index in [9.17, 15) is 9.59 Å². The second-order valence-corrected chi connectivity index (χ2v) is 6.92. The molecular weight excluding hydrogens is 449 g/mol. The predicted octanol–water partition coefficient (Wildman–Crippen LogP) is 2.79. The summed E-state index contributed by atoms with van der Waals surface area (Å²) in [6.45, 7) is 11.2. The zero-order valence-corrected chi connectivity index (χ0v) is 17.7.